The molecule has 0 spiro atoms. The zero-order chi connectivity index (χ0) is 17.0. The number of carbonyl (C=O) groups is 2. The summed E-state index contributed by atoms with van der Waals surface area (Å²) in [4.78, 5) is 24.3. The highest BCUT2D eigenvalue weighted by Gasteiger charge is 2.24. The molecule has 1 heterocycles. The van der Waals surface area contributed by atoms with Gasteiger partial charge in [0.05, 0.1) is 0 Å². The normalized spacial score (nSPS) is 13.3. The van der Waals surface area contributed by atoms with E-state index in [-0.39, 0.29) is 6.54 Å². The smallest absolute Gasteiger partial charge is 0.411 e. The van der Waals surface area contributed by atoms with Gasteiger partial charge in [-0.3, -0.25) is 9.69 Å². The fourth-order valence-electron chi connectivity index (χ4n) is 2.08. The quantitative estimate of drug-likeness (QED) is 0.915. The minimum absolute atomic E-state index is 0.109. The van der Waals surface area contributed by atoms with E-state index in [1.54, 1.807) is 39.0 Å². The lowest BCUT2D eigenvalue weighted by Crippen LogP contribution is -2.39. The van der Waals surface area contributed by atoms with Crippen LogP contribution in [0.5, 0.6) is 11.5 Å². The first kappa shape index (κ1) is 16.9. The van der Waals surface area contributed by atoms with Gasteiger partial charge in [0, 0.05) is 6.54 Å². The van der Waals surface area contributed by atoms with Crippen molar-refractivity contribution in [1.29, 1.82) is 0 Å². The minimum atomic E-state index is -1.10. The Morgan fingerprint density at radius 3 is 2.48 bits per heavy atom. The molecule has 1 aliphatic rings. The van der Waals surface area contributed by atoms with Gasteiger partial charge in [-0.15, -0.1) is 0 Å². The van der Waals surface area contributed by atoms with E-state index in [1.165, 1.54) is 0 Å². The van der Waals surface area contributed by atoms with Crippen LogP contribution in [0.15, 0.2) is 18.2 Å². The molecule has 0 radical (unpaired) electrons. The highest BCUT2D eigenvalue weighted by molar-refractivity contribution is 5.77. The van der Waals surface area contributed by atoms with Crippen LogP contribution in [0.4, 0.5) is 4.79 Å². The van der Waals surface area contributed by atoms with Gasteiger partial charge in [-0.05, 0) is 38.5 Å². The van der Waals surface area contributed by atoms with Crippen molar-refractivity contribution in [3.8, 4) is 11.5 Å². The first-order valence-electron chi connectivity index (χ1n) is 7.33. The van der Waals surface area contributed by atoms with Gasteiger partial charge in [0.25, 0.3) is 0 Å². The minimum Gasteiger partial charge on any atom is -0.486 e. The van der Waals surface area contributed by atoms with Gasteiger partial charge in [-0.25, -0.2) is 4.79 Å². The number of carboxylic acid groups (broad SMARTS) is 1. The van der Waals surface area contributed by atoms with E-state index < -0.39 is 24.2 Å². The molecule has 1 aromatic carbocycles. The van der Waals surface area contributed by atoms with Crippen LogP contribution < -0.4 is 9.47 Å². The number of hydrogen-bond donors (Lipinski definition) is 1. The summed E-state index contributed by atoms with van der Waals surface area (Å²) in [7, 11) is 0. The molecule has 1 N–H and O–H groups in total. The first-order chi connectivity index (χ1) is 10.7. The summed E-state index contributed by atoms with van der Waals surface area (Å²) in [6.07, 6.45) is -0.671. The van der Waals surface area contributed by atoms with Gasteiger partial charge < -0.3 is 19.3 Å². The van der Waals surface area contributed by atoms with Crippen LogP contribution in [0, 0.1) is 0 Å². The Morgan fingerprint density at radius 1 is 1.22 bits per heavy atom. The van der Waals surface area contributed by atoms with E-state index in [0.717, 1.165) is 10.5 Å². The summed E-state index contributed by atoms with van der Waals surface area (Å²) < 4.78 is 16.2. The number of aliphatic carboxylic acids is 1. The van der Waals surface area contributed by atoms with Gasteiger partial charge in [0.2, 0.25) is 0 Å². The second-order valence-corrected chi connectivity index (χ2v) is 6.21. The number of benzene rings is 1. The van der Waals surface area contributed by atoms with Gasteiger partial charge in [-0.2, -0.15) is 0 Å². The predicted octanol–water partition coefficient (Wildman–Crippen LogP) is 2.28. The van der Waals surface area contributed by atoms with Crippen molar-refractivity contribution in [2.45, 2.75) is 32.9 Å². The molecule has 126 valence electrons. The maximum absolute atomic E-state index is 12.2. The van der Waals surface area contributed by atoms with Crippen molar-refractivity contribution in [3.05, 3.63) is 23.8 Å². The lowest BCUT2D eigenvalue weighted by atomic mass is 10.1. The van der Waals surface area contributed by atoms with Crippen LogP contribution in [0.2, 0.25) is 0 Å². The fourth-order valence-corrected chi connectivity index (χ4v) is 2.08. The second-order valence-electron chi connectivity index (χ2n) is 6.21. The Balaban J connectivity index is 2.13. The topological polar surface area (TPSA) is 85.3 Å². The van der Waals surface area contributed by atoms with Crippen LogP contribution in [-0.2, 0) is 16.1 Å². The maximum atomic E-state index is 12.2. The van der Waals surface area contributed by atoms with Crippen LogP contribution in [0.25, 0.3) is 0 Å². The number of amides is 1. The molecule has 0 bridgehead atoms. The third-order valence-corrected chi connectivity index (χ3v) is 2.96. The van der Waals surface area contributed by atoms with E-state index in [4.69, 9.17) is 19.3 Å². The van der Waals surface area contributed by atoms with E-state index >= 15 is 0 Å². The molecule has 2 rings (SSSR count). The summed E-state index contributed by atoms with van der Waals surface area (Å²) in [6, 6.07) is 5.26. The Bertz CT molecular complexity index is 593. The number of carboxylic acids is 1. The first-order valence-corrected chi connectivity index (χ1v) is 7.33. The molecule has 1 aliphatic heterocycles. The second kappa shape index (κ2) is 6.76. The predicted molar refractivity (Wildman–Crippen MR) is 81.7 cm³/mol. The van der Waals surface area contributed by atoms with Crippen LogP contribution in [-0.4, -0.2) is 47.4 Å². The zero-order valence-electron chi connectivity index (χ0n) is 13.5. The molecule has 0 unspecified atom stereocenters. The SMILES string of the molecule is CC(C)(C)OC(=O)N(CC(=O)O)Cc1ccc2c(c1)OCCO2. The Hall–Kier alpha value is -2.44. The lowest BCUT2D eigenvalue weighted by Gasteiger charge is -2.27. The van der Waals surface area contributed by atoms with Gasteiger partial charge >= 0.3 is 12.1 Å². The molecule has 7 heteroatoms. The Labute approximate surface area is 134 Å². The number of rotatable bonds is 4. The average molecular weight is 323 g/mol. The summed E-state index contributed by atoms with van der Waals surface area (Å²) in [5.74, 6) is 0.128. The maximum Gasteiger partial charge on any atom is 0.411 e. The molecule has 0 aliphatic carbocycles. The standard InChI is InChI=1S/C16H21NO6/c1-16(2,3)23-15(20)17(10-14(18)19)9-11-4-5-12-13(8-11)22-7-6-21-12/h4-5,8H,6-7,9-10H2,1-3H3,(H,18,19). The molecule has 1 amide bonds. The molecule has 0 atom stereocenters. The third kappa shape index (κ3) is 5.05. The summed E-state index contributed by atoms with van der Waals surface area (Å²) in [5, 5.41) is 9.01. The summed E-state index contributed by atoms with van der Waals surface area (Å²) in [6.45, 7) is 5.81. The molecule has 0 aromatic heterocycles. The van der Waals surface area contributed by atoms with Gasteiger partial charge in [-0.1, -0.05) is 6.07 Å². The highest BCUT2D eigenvalue weighted by Crippen LogP contribution is 2.31. The largest absolute Gasteiger partial charge is 0.486 e. The molecular formula is C16H21NO6. The zero-order valence-corrected chi connectivity index (χ0v) is 13.5. The number of carbonyl (C=O) groups excluding carboxylic acids is 1. The molecule has 0 saturated carbocycles. The summed E-state index contributed by atoms with van der Waals surface area (Å²) in [5.41, 5.74) is 0.0436. The van der Waals surface area contributed by atoms with E-state index in [9.17, 15) is 9.59 Å². The number of ether oxygens (including phenoxy) is 3. The highest BCUT2D eigenvalue weighted by atomic mass is 16.6. The van der Waals surface area contributed by atoms with Crippen LogP contribution in [0.3, 0.4) is 0 Å². The Kier molecular flexibility index (Phi) is 4.98. The van der Waals surface area contributed by atoms with Crippen LogP contribution >= 0.6 is 0 Å². The molecule has 1 aromatic rings. The molecule has 0 fully saturated rings. The third-order valence-electron chi connectivity index (χ3n) is 2.96. The van der Waals surface area contributed by atoms with Crippen molar-refractivity contribution in [1.82, 2.24) is 4.90 Å². The number of hydrogen-bond acceptors (Lipinski definition) is 5. The van der Waals surface area contributed by atoms with Crippen molar-refractivity contribution in [2.24, 2.45) is 0 Å². The van der Waals surface area contributed by atoms with Crippen molar-refractivity contribution in [2.75, 3.05) is 19.8 Å². The number of nitrogens with zero attached hydrogens (tertiary/aromatic N) is 1. The monoisotopic (exact) mass is 323 g/mol. The van der Waals surface area contributed by atoms with E-state index in [2.05, 4.69) is 0 Å². The van der Waals surface area contributed by atoms with Gasteiger partial charge in [0.15, 0.2) is 11.5 Å². The van der Waals surface area contributed by atoms with Crippen molar-refractivity contribution >= 4 is 12.1 Å². The molecule has 23 heavy (non-hydrogen) atoms. The van der Waals surface area contributed by atoms with E-state index in [1.807, 2.05) is 0 Å². The van der Waals surface area contributed by atoms with Crippen molar-refractivity contribution < 1.29 is 28.9 Å². The fraction of sp³-hybridized carbons (Fsp3) is 0.500. The number of fused-ring (bicyclic) bond motifs is 1. The molecular weight excluding hydrogens is 302 g/mol. The van der Waals surface area contributed by atoms with E-state index in [0.29, 0.717) is 24.7 Å². The van der Waals surface area contributed by atoms with Gasteiger partial charge in [0.1, 0.15) is 25.4 Å². The van der Waals surface area contributed by atoms with Crippen LogP contribution in [0.1, 0.15) is 26.3 Å². The molecule has 7 nitrogen and oxygen atoms in total. The average Bonchev–Trinajstić information content (AvgIpc) is 2.44. The lowest BCUT2D eigenvalue weighted by molar-refractivity contribution is -0.138. The Morgan fingerprint density at radius 2 is 1.87 bits per heavy atom. The van der Waals surface area contributed by atoms with Crippen molar-refractivity contribution in [3.63, 3.8) is 0 Å². The summed E-state index contributed by atoms with van der Waals surface area (Å²) >= 11 is 0. The molecule has 0 saturated heterocycles.